The molecule has 4 rings (SSSR count). The van der Waals surface area contributed by atoms with Crippen LogP contribution in [-0.2, 0) is 20.9 Å². The van der Waals surface area contributed by atoms with E-state index in [1.165, 1.54) is 29.2 Å². The molecule has 1 aliphatic rings. The van der Waals surface area contributed by atoms with Crippen LogP contribution in [0, 0.1) is 13.8 Å². The predicted molar refractivity (Wildman–Crippen MR) is 136 cm³/mol. The zero-order valence-electron chi connectivity index (χ0n) is 20.6. The lowest BCUT2D eigenvalue weighted by Gasteiger charge is -2.28. The number of ether oxygens (including phenoxy) is 1. The highest BCUT2D eigenvalue weighted by atomic mass is 16.5. The topological polar surface area (TPSA) is 84.0 Å². The second-order valence-corrected chi connectivity index (χ2v) is 8.84. The number of aryl methyl sites for hydroxylation is 2. The lowest BCUT2D eigenvalue weighted by atomic mass is 10.1. The van der Waals surface area contributed by atoms with Gasteiger partial charge in [0, 0.05) is 12.1 Å². The third kappa shape index (κ3) is 5.20. The fraction of sp³-hybridized carbons (Fsp3) is 0.241. The molecule has 0 radical (unpaired) electrons. The number of anilines is 1. The molecule has 3 aromatic carbocycles. The minimum absolute atomic E-state index is 0.123. The number of esters is 1. The first-order chi connectivity index (χ1) is 17.3. The van der Waals surface area contributed by atoms with Gasteiger partial charge in [0.2, 0.25) is 5.91 Å². The van der Waals surface area contributed by atoms with E-state index in [-0.39, 0.29) is 25.5 Å². The van der Waals surface area contributed by atoms with Crippen LogP contribution in [0.25, 0.3) is 0 Å². The van der Waals surface area contributed by atoms with Gasteiger partial charge in [0.15, 0.2) is 0 Å². The van der Waals surface area contributed by atoms with Crippen molar-refractivity contribution in [2.24, 2.45) is 0 Å². The molecular formula is C29H28N2O5. The van der Waals surface area contributed by atoms with E-state index in [2.05, 4.69) is 0 Å². The lowest BCUT2D eigenvalue weighted by Crippen LogP contribution is -2.45. The first-order valence-corrected chi connectivity index (χ1v) is 11.9. The molecule has 7 nitrogen and oxygen atoms in total. The SMILES string of the molecule is CCOC(=O)c1ccc(N2C(=O)CC(N(Cc3ccc(C)cc3)C(=O)c3ccc(C)cc3)C2=O)cc1. The largest absolute Gasteiger partial charge is 0.462 e. The molecule has 0 N–H and O–H groups in total. The number of rotatable bonds is 7. The van der Waals surface area contributed by atoms with E-state index in [4.69, 9.17) is 4.74 Å². The maximum atomic E-state index is 13.6. The number of hydrogen-bond donors (Lipinski definition) is 0. The molecule has 0 aromatic heterocycles. The zero-order chi connectivity index (χ0) is 25.8. The average molecular weight is 485 g/mol. The van der Waals surface area contributed by atoms with Gasteiger partial charge in [0.1, 0.15) is 6.04 Å². The molecular weight excluding hydrogens is 456 g/mol. The molecule has 1 aliphatic heterocycles. The van der Waals surface area contributed by atoms with Crippen molar-refractivity contribution in [1.82, 2.24) is 4.90 Å². The number of benzene rings is 3. The number of carbonyl (C=O) groups is 4. The van der Waals surface area contributed by atoms with Gasteiger partial charge in [-0.25, -0.2) is 9.69 Å². The molecule has 36 heavy (non-hydrogen) atoms. The van der Waals surface area contributed by atoms with Crippen molar-refractivity contribution in [3.63, 3.8) is 0 Å². The van der Waals surface area contributed by atoms with E-state index in [0.29, 0.717) is 16.8 Å². The van der Waals surface area contributed by atoms with E-state index < -0.39 is 23.8 Å². The minimum Gasteiger partial charge on any atom is -0.462 e. The maximum absolute atomic E-state index is 13.6. The average Bonchev–Trinajstić information content (AvgIpc) is 3.17. The Morgan fingerprint density at radius 3 is 2.00 bits per heavy atom. The fourth-order valence-electron chi connectivity index (χ4n) is 4.17. The summed E-state index contributed by atoms with van der Waals surface area (Å²) >= 11 is 0. The van der Waals surface area contributed by atoms with Gasteiger partial charge in [-0.3, -0.25) is 14.4 Å². The van der Waals surface area contributed by atoms with E-state index in [9.17, 15) is 19.2 Å². The fourth-order valence-corrected chi connectivity index (χ4v) is 4.17. The van der Waals surface area contributed by atoms with Crippen molar-refractivity contribution in [1.29, 1.82) is 0 Å². The smallest absolute Gasteiger partial charge is 0.338 e. The molecule has 1 atom stereocenters. The van der Waals surface area contributed by atoms with Crippen LogP contribution in [0.2, 0.25) is 0 Å². The van der Waals surface area contributed by atoms with Gasteiger partial charge >= 0.3 is 5.97 Å². The summed E-state index contributed by atoms with van der Waals surface area (Å²) in [5, 5.41) is 0. The Labute approximate surface area is 210 Å². The van der Waals surface area contributed by atoms with Gasteiger partial charge in [0.25, 0.3) is 11.8 Å². The van der Waals surface area contributed by atoms with E-state index in [0.717, 1.165) is 21.6 Å². The first-order valence-electron chi connectivity index (χ1n) is 11.9. The summed E-state index contributed by atoms with van der Waals surface area (Å²) in [4.78, 5) is 54.6. The molecule has 0 saturated carbocycles. The van der Waals surface area contributed by atoms with Crippen molar-refractivity contribution in [3.8, 4) is 0 Å². The summed E-state index contributed by atoms with van der Waals surface area (Å²) in [5.41, 5.74) is 4.08. The number of carbonyl (C=O) groups excluding carboxylic acids is 4. The van der Waals surface area contributed by atoms with E-state index in [1.807, 2.05) is 50.2 Å². The second-order valence-electron chi connectivity index (χ2n) is 8.84. The molecule has 1 unspecified atom stereocenters. The van der Waals surface area contributed by atoms with Crippen LogP contribution >= 0.6 is 0 Å². The Morgan fingerprint density at radius 2 is 1.42 bits per heavy atom. The number of hydrogen-bond acceptors (Lipinski definition) is 5. The minimum atomic E-state index is -0.947. The Kier molecular flexibility index (Phi) is 7.29. The Morgan fingerprint density at radius 1 is 0.861 bits per heavy atom. The molecule has 7 heteroatoms. The third-order valence-corrected chi connectivity index (χ3v) is 6.17. The summed E-state index contributed by atoms with van der Waals surface area (Å²) in [6, 6.07) is 20.0. The van der Waals surface area contributed by atoms with E-state index >= 15 is 0 Å². The summed E-state index contributed by atoms with van der Waals surface area (Å²) in [5.74, 6) is -1.67. The van der Waals surface area contributed by atoms with Crippen LogP contribution in [0.15, 0.2) is 72.8 Å². The van der Waals surface area contributed by atoms with E-state index in [1.54, 1.807) is 19.1 Å². The molecule has 3 aromatic rings. The van der Waals surface area contributed by atoms with Crippen molar-refractivity contribution in [3.05, 3.63) is 101 Å². The zero-order valence-corrected chi connectivity index (χ0v) is 20.6. The molecule has 0 bridgehead atoms. The molecule has 3 amide bonds. The normalized spacial score (nSPS) is 15.2. The molecule has 0 aliphatic carbocycles. The summed E-state index contributed by atoms with van der Waals surface area (Å²) < 4.78 is 4.99. The molecule has 1 saturated heterocycles. The molecule has 1 fully saturated rings. The summed E-state index contributed by atoms with van der Waals surface area (Å²) in [7, 11) is 0. The third-order valence-electron chi connectivity index (χ3n) is 6.17. The Bertz CT molecular complexity index is 1280. The first kappa shape index (κ1) is 24.9. The molecule has 1 heterocycles. The summed E-state index contributed by atoms with van der Waals surface area (Å²) in [6.07, 6.45) is -0.123. The molecule has 0 spiro atoms. The van der Waals surface area contributed by atoms with Gasteiger partial charge < -0.3 is 9.64 Å². The van der Waals surface area contributed by atoms with Crippen molar-refractivity contribution in [2.45, 2.75) is 39.8 Å². The Hall–Kier alpha value is -4.26. The van der Waals surface area contributed by atoms with Crippen LogP contribution in [-0.4, -0.2) is 41.2 Å². The maximum Gasteiger partial charge on any atom is 0.338 e. The monoisotopic (exact) mass is 484 g/mol. The van der Waals surface area contributed by atoms with Gasteiger partial charge in [-0.1, -0.05) is 47.5 Å². The number of imide groups is 1. The summed E-state index contributed by atoms with van der Waals surface area (Å²) in [6.45, 7) is 6.06. The highest BCUT2D eigenvalue weighted by Gasteiger charge is 2.44. The molecule has 184 valence electrons. The van der Waals surface area contributed by atoms with Gasteiger partial charge in [0.05, 0.1) is 24.3 Å². The highest BCUT2D eigenvalue weighted by molar-refractivity contribution is 6.23. The van der Waals surface area contributed by atoms with Crippen LogP contribution in [0.5, 0.6) is 0 Å². The highest BCUT2D eigenvalue weighted by Crippen LogP contribution is 2.28. The lowest BCUT2D eigenvalue weighted by molar-refractivity contribution is -0.122. The van der Waals surface area contributed by atoms with Crippen LogP contribution in [0.1, 0.15) is 50.8 Å². The Balaban J connectivity index is 1.63. The number of nitrogens with zero attached hydrogens (tertiary/aromatic N) is 2. The van der Waals surface area contributed by atoms with Crippen LogP contribution in [0.3, 0.4) is 0 Å². The second kappa shape index (κ2) is 10.6. The number of amides is 3. The predicted octanol–water partition coefficient (Wildman–Crippen LogP) is 4.45. The van der Waals surface area contributed by atoms with Crippen LogP contribution in [0.4, 0.5) is 5.69 Å². The van der Waals surface area contributed by atoms with Crippen LogP contribution < -0.4 is 4.90 Å². The standard InChI is InChI=1S/C29H28N2O5/c1-4-36-29(35)23-13-15-24(16-14-23)31-26(32)17-25(28(31)34)30(18-21-9-5-19(2)6-10-21)27(33)22-11-7-20(3)8-12-22/h5-16,25H,4,17-18H2,1-3H3. The quantitative estimate of drug-likeness (QED) is 0.365. The van der Waals surface area contributed by atoms with Gasteiger partial charge in [-0.15, -0.1) is 0 Å². The van der Waals surface area contributed by atoms with Crippen molar-refractivity contribution in [2.75, 3.05) is 11.5 Å². The van der Waals surface area contributed by atoms with Crippen molar-refractivity contribution < 1.29 is 23.9 Å². The van der Waals surface area contributed by atoms with Crippen molar-refractivity contribution >= 4 is 29.4 Å². The van der Waals surface area contributed by atoms with Gasteiger partial charge in [-0.05, 0) is 62.7 Å². The van der Waals surface area contributed by atoms with Gasteiger partial charge in [-0.2, -0.15) is 0 Å².